The summed E-state index contributed by atoms with van der Waals surface area (Å²) in [5.41, 5.74) is 5.35. The van der Waals surface area contributed by atoms with Gasteiger partial charge in [0.1, 0.15) is 6.61 Å². The molecule has 0 spiro atoms. The molecule has 4 N–H and O–H groups in total. The van der Waals surface area contributed by atoms with Gasteiger partial charge in [0.25, 0.3) is 0 Å². The Morgan fingerprint density at radius 2 is 1.19 bits per heavy atom. The number of phosphoric acid groups is 1. The Hall–Kier alpha value is -2.26. The minimum Gasteiger partial charge on any atom is -0.498 e. The first-order valence-corrected chi connectivity index (χ1v) is 22.1. The molecule has 0 aliphatic heterocycles. The topological polar surface area (TPSA) is 138 Å². The highest BCUT2D eigenvalue weighted by Gasteiger charge is 2.25. The molecule has 0 heterocycles. The average Bonchev–Trinajstić information content (AvgIpc) is 3.14. The second-order valence-electron chi connectivity index (χ2n) is 13.4. The molecule has 306 valence electrons. The highest BCUT2D eigenvalue weighted by Crippen LogP contribution is 2.43. The largest absolute Gasteiger partial charge is 0.498 e. The molecule has 0 radical (unpaired) electrons. The van der Waals surface area contributed by atoms with Gasteiger partial charge < -0.3 is 25.2 Å². The molecule has 3 atom stereocenters. The van der Waals surface area contributed by atoms with Crippen molar-refractivity contribution in [1.29, 1.82) is 0 Å². The number of nitrogens with two attached hydrogens (primary N) is 1. The summed E-state index contributed by atoms with van der Waals surface area (Å²) in [4.78, 5) is 22.4. The van der Waals surface area contributed by atoms with Crippen molar-refractivity contribution in [3.63, 3.8) is 0 Å². The number of hydrogen-bond acceptors (Lipinski definition) is 8. The first-order chi connectivity index (χ1) is 25.8. The van der Waals surface area contributed by atoms with Gasteiger partial charge in [-0.1, -0.05) is 132 Å². The fourth-order valence-corrected chi connectivity index (χ4v) is 5.91. The van der Waals surface area contributed by atoms with Gasteiger partial charge >= 0.3 is 13.8 Å². The van der Waals surface area contributed by atoms with Crippen molar-refractivity contribution in [3.8, 4) is 0 Å². The van der Waals surface area contributed by atoms with Crippen LogP contribution >= 0.6 is 7.82 Å². The summed E-state index contributed by atoms with van der Waals surface area (Å²) < 4.78 is 33.0. The molecule has 0 bridgehead atoms. The Kier molecular flexibility index (Phi) is 37.8. The van der Waals surface area contributed by atoms with E-state index in [1.54, 1.807) is 6.26 Å². The lowest BCUT2D eigenvalue weighted by Crippen LogP contribution is -2.27. The SMILES string of the molecule is CCCCCCCC/C=C\CCCCCC/C=C/OC[C@H](COP(=O)(O)OCCN)OC(=O)CCC/C=C\C/C=C\C/C=C\C/C=C\[C@H](O)CCCC. The van der Waals surface area contributed by atoms with Crippen LogP contribution in [0.1, 0.15) is 155 Å². The van der Waals surface area contributed by atoms with Gasteiger partial charge in [0.15, 0.2) is 6.10 Å². The van der Waals surface area contributed by atoms with E-state index in [0.29, 0.717) is 6.42 Å². The molecule has 10 heteroatoms. The average molecular weight is 766 g/mol. The van der Waals surface area contributed by atoms with Crippen LogP contribution in [0, 0.1) is 0 Å². The van der Waals surface area contributed by atoms with E-state index in [0.717, 1.165) is 70.6 Å². The molecular weight excluding hydrogens is 689 g/mol. The molecule has 0 aromatic heterocycles. The number of ether oxygens (including phenoxy) is 2. The maximum absolute atomic E-state index is 12.5. The zero-order chi connectivity index (χ0) is 38.9. The molecule has 0 saturated heterocycles. The summed E-state index contributed by atoms with van der Waals surface area (Å²) in [7, 11) is -4.32. The summed E-state index contributed by atoms with van der Waals surface area (Å²) in [5.74, 6) is -0.426. The Balaban J connectivity index is 4.28. The normalized spacial score (nSPS) is 14.8. The number of esters is 1. The van der Waals surface area contributed by atoms with Crippen molar-refractivity contribution in [2.75, 3.05) is 26.4 Å². The van der Waals surface area contributed by atoms with Gasteiger partial charge in [-0.2, -0.15) is 0 Å². The fourth-order valence-electron chi connectivity index (χ4n) is 5.14. The quantitative estimate of drug-likeness (QED) is 0.0184. The van der Waals surface area contributed by atoms with Gasteiger partial charge in [0.05, 0.1) is 25.6 Å². The Labute approximate surface area is 323 Å². The van der Waals surface area contributed by atoms with Gasteiger partial charge in [0, 0.05) is 13.0 Å². The zero-order valence-corrected chi connectivity index (χ0v) is 34.2. The minimum atomic E-state index is -4.32. The molecule has 0 rings (SSSR count). The highest BCUT2D eigenvalue weighted by molar-refractivity contribution is 7.47. The second kappa shape index (κ2) is 39.4. The van der Waals surface area contributed by atoms with E-state index < -0.39 is 19.9 Å². The lowest BCUT2D eigenvalue weighted by Gasteiger charge is -2.19. The third kappa shape index (κ3) is 39.3. The van der Waals surface area contributed by atoms with Gasteiger partial charge in [-0.15, -0.1) is 0 Å². The number of unbranched alkanes of at least 4 members (excludes halogenated alkanes) is 13. The third-order valence-electron chi connectivity index (χ3n) is 8.23. The van der Waals surface area contributed by atoms with E-state index in [1.807, 2.05) is 24.3 Å². The first-order valence-electron chi connectivity index (χ1n) is 20.6. The Bertz CT molecular complexity index is 1050. The van der Waals surface area contributed by atoms with Crippen molar-refractivity contribution in [2.45, 2.75) is 167 Å². The van der Waals surface area contributed by atoms with E-state index in [1.165, 1.54) is 57.8 Å². The summed E-state index contributed by atoms with van der Waals surface area (Å²) >= 11 is 0. The summed E-state index contributed by atoms with van der Waals surface area (Å²) in [6, 6.07) is 0. The van der Waals surface area contributed by atoms with Gasteiger partial charge in [-0.25, -0.2) is 4.57 Å². The van der Waals surface area contributed by atoms with E-state index in [9.17, 15) is 19.4 Å². The summed E-state index contributed by atoms with van der Waals surface area (Å²) in [6.45, 7) is 3.97. The van der Waals surface area contributed by atoms with Gasteiger partial charge in [-0.05, 0) is 83.1 Å². The van der Waals surface area contributed by atoms with Crippen molar-refractivity contribution < 1.29 is 37.9 Å². The lowest BCUT2D eigenvalue weighted by molar-refractivity contribution is -0.153. The number of phosphoric ester groups is 1. The molecular formula is C43H76NO8P. The van der Waals surface area contributed by atoms with E-state index in [2.05, 4.69) is 56.4 Å². The van der Waals surface area contributed by atoms with Crippen LogP contribution in [-0.2, 0) is 27.9 Å². The first kappa shape index (κ1) is 50.7. The maximum Gasteiger partial charge on any atom is 0.472 e. The number of aliphatic hydroxyl groups is 1. The molecule has 53 heavy (non-hydrogen) atoms. The number of aliphatic hydroxyl groups excluding tert-OH is 1. The van der Waals surface area contributed by atoms with Crippen LogP contribution in [0.15, 0.2) is 73.1 Å². The molecule has 1 unspecified atom stereocenters. The number of rotatable bonds is 38. The van der Waals surface area contributed by atoms with E-state index in [-0.39, 0.29) is 38.9 Å². The number of carbonyl (C=O) groups excluding carboxylic acids is 1. The van der Waals surface area contributed by atoms with E-state index in [4.69, 9.17) is 24.3 Å². The van der Waals surface area contributed by atoms with Crippen molar-refractivity contribution in [2.24, 2.45) is 5.73 Å². The minimum absolute atomic E-state index is 0.00942. The van der Waals surface area contributed by atoms with E-state index >= 15 is 0 Å². The molecule has 0 amide bonds. The number of carbonyl (C=O) groups is 1. The number of allylic oxidation sites excluding steroid dienone is 10. The smallest absolute Gasteiger partial charge is 0.472 e. The van der Waals surface area contributed by atoms with Crippen LogP contribution in [0.5, 0.6) is 0 Å². The van der Waals surface area contributed by atoms with Gasteiger partial charge in [-0.3, -0.25) is 13.8 Å². The molecule has 0 aliphatic rings. The molecule has 0 saturated carbocycles. The maximum atomic E-state index is 12.5. The lowest BCUT2D eigenvalue weighted by atomic mass is 10.1. The zero-order valence-electron chi connectivity index (χ0n) is 33.3. The van der Waals surface area contributed by atoms with Crippen molar-refractivity contribution in [3.05, 3.63) is 73.1 Å². The fraction of sp³-hybridized carbons (Fsp3) is 0.698. The standard InChI is InChI=1S/C43H76NO8P/c1-3-5-7-8-9-10-11-12-13-14-17-20-23-26-29-32-37-49-39-42(40-51-53(47,48)50-38-36-44)52-43(46)35-31-28-25-22-19-16-15-18-21-24-27-30-34-41(45)33-6-4-2/h12-13,15-16,21-22,24-25,30,32,34,37,41-42,45H,3-11,14,17-20,23,26-29,31,33,35-36,38-40,44H2,1-2H3,(H,47,48)/b13-12-,16-15-,24-21-,25-22-,34-30-,37-32+/t41-,42-/m1/s1. The third-order valence-corrected chi connectivity index (χ3v) is 9.22. The van der Waals surface area contributed by atoms with Crippen molar-refractivity contribution in [1.82, 2.24) is 0 Å². The summed E-state index contributed by atoms with van der Waals surface area (Å²) in [5, 5.41) is 9.80. The van der Waals surface area contributed by atoms with Crippen LogP contribution in [0.3, 0.4) is 0 Å². The van der Waals surface area contributed by atoms with Crippen molar-refractivity contribution >= 4 is 13.8 Å². The predicted molar refractivity (Wildman–Crippen MR) is 220 cm³/mol. The Morgan fingerprint density at radius 3 is 1.81 bits per heavy atom. The van der Waals surface area contributed by atoms with Crippen LogP contribution in [0.25, 0.3) is 0 Å². The second-order valence-corrected chi connectivity index (χ2v) is 14.8. The molecule has 0 aliphatic carbocycles. The molecule has 0 aromatic carbocycles. The van der Waals surface area contributed by atoms with Crippen LogP contribution in [0.4, 0.5) is 0 Å². The molecule has 0 fully saturated rings. The predicted octanol–water partition coefficient (Wildman–Crippen LogP) is 11.3. The highest BCUT2D eigenvalue weighted by atomic mass is 31.2. The van der Waals surface area contributed by atoms with Crippen LogP contribution in [0.2, 0.25) is 0 Å². The summed E-state index contributed by atoms with van der Waals surface area (Å²) in [6.07, 6.45) is 46.4. The Morgan fingerprint density at radius 1 is 0.660 bits per heavy atom. The molecule has 9 nitrogen and oxygen atoms in total. The number of hydrogen-bond donors (Lipinski definition) is 3. The van der Waals surface area contributed by atoms with Crippen LogP contribution in [-0.4, -0.2) is 54.5 Å². The van der Waals surface area contributed by atoms with Crippen LogP contribution < -0.4 is 5.73 Å². The van der Waals surface area contributed by atoms with Gasteiger partial charge in [0.2, 0.25) is 0 Å². The molecule has 0 aromatic rings. The monoisotopic (exact) mass is 766 g/mol.